The molecule has 0 bridgehead atoms. The van der Waals surface area contributed by atoms with Crippen LogP contribution in [0.4, 0.5) is 0 Å². The molecule has 17 heavy (non-hydrogen) atoms. The van der Waals surface area contributed by atoms with E-state index in [4.69, 9.17) is 0 Å². The zero-order valence-corrected chi connectivity index (χ0v) is 11.0. The summed E-state index contributed by atoms with van der Waals surface area (Å²) in [4.78, 5) is 14.1. The Morgan fingerprint density at radius 3 is 2.82 bits per heavy atom. The average molecular weight is 250 g/mol. The summed E-state index contributed by atoms with van der Waals surface area (Å²) in [5.74, 6) is 0.192. The fourth-order valence-electron chi connectivity index (χ4n) is 1.99. The molecule has 0 saturated carbocycles. The second-order valence-electron chi connectivity index (χ2n) is 4.31. The Hall–Kier alpha value is -1.00. The second kappa shape index (κ2) is 5.56. The van der Waals surface area contributed by atoms with E-state index in [0.29, 0.717) is 11.9 Å². The highest BCUT2D eigenvalue weighted by Gasteiger charge is 2.32. The zero-order chi connectivity index (χ0) is 12.3. The molecule has 1 N–H and O–H groups in total. The average Bonchev–Trinajstić information content (AvgIpc) is 2.72. The van der Waals surface area contributed by atoms with Gasteiger partial charge in [0.05, 0.1) is 6.67 Å². The van der Waals surface area contributed by atoms with Crippen LogP contribution in [0.3, 0.4) is 0 Å². The van der Waals surface area contributed by atoms with E-state index in [1.165, 1.54) is 0 Å². The summed E-state index contributed by atoms with van der Waals surface area (Å²) >= 11 is 1.79. The highest BCUT2D eigenvalue weighted by atomic mass is 32.2. The standard InChI is InChI=1S/C13H18N2OS/c1-10(17-2)8-15-9-14-12(13(15)16)11-6-4-3-5-7-11/h3-7,10,12,14H,8-9H2,1-2H3. The molecule has 0 spiro atoms. The quantitative estimate of drug-likeness (QED) is 0.885. The molecule has 1 amide bonds. The highest BCUT2D eigenvalue weighted by molar-refractivity contribution is 7.99. The molecule has 1 aliphatic heterocycles. The Morgan fingerprint density at radius 1 is 1.47 bits per heavy atom. The molecule has 1 saturated heterocycles. The molecule has 1 aliphatic rings. The summed E-state index contributed by atoms with van der Waals surface area (Å²) in [7, 11) is 0. The largest absolute Gasteiger partial charge is 0.327 e. The van der Waals surface area contributed by atoms with E-state index in [-0.39, 0.29) is 11.9 Å². The van der Waals surface area contributed by atoms with Crippen LogP contribution in [0.25, 0.3) is 0 Å². The maximum atomic E-state index is 12.2. The number of benzene rings is 1. The summed E-state index contributed by atoms with van der Waals surface area (Å²) in [5, 5.41) is 3.75. The van der Waals surface area contributed by atoms with Crippen LogP contribution >= 0.6 is 11.8 Å². The van der Waals surface area contributed by atoms with Crippen molar-refractivity contribution in [3.63, 3.8) is 0 Å². The number of nitrogens with zero attached hydrogens (tertiary/aromatic N) is 1. The summed E-state index contributed by atoms with van der Waals surface area (Å²) < 4.78 is 0. The second-order valence-corrected chi connectivity index (χ2v) is 5.59. The fraction of sp³-hybridized carbons (Fsp3) is 0.462. The van der Waals surface area contributed by atoms with Gasteiger partial charge in [-0.3, -0.25) is 10.1 Å². The molecule has 0 radical (unpaired) electrons. The molecule has 2 rings (SSSR count). The number of carbonyl (C=O) groups is 1. The van der Waals surface area contributed by atoms with Gasteiger partial charge in [0.15, 0.2) is 0 Å². The summed E-state index contributed by atoms with van der Waals surface area (Å²) in [6.45, 7) is 3.62. The Labute approximate surface area is 107 Å². The first-order valence-corrected chi connectivity index (χ1v) is 7.11. The molecular formula is C13H18N2OS. The van der Waals surface area contributed by atoms with Gasteiger partial charge in [-0.2, -0.15) is 11.8 Å². The van der Waals surface area contributed by atoms with Crippen molar-refractivity contribution in [3.8, 4) is 0 Å². The van der Waals surface area contributed by atoms with Gasteiger partial charge < -0.3 is 4.90 Å². The van der Waals surface area contributed by atoms with E-state index >= 15 is 0 Å². The molecule has 4 heteroatoms. The molecule has 0 aromatic heterocycles. The Kier molecular flexibility index (Phi) is 4.07. The maximum Gasteiger partial charge on any atom is 0.245 e. The van der Waals surface area contributed by atoms with E-state index in [9.17, 15) is 4.79 Å². The van der Waals surface area contributed by atoms with Crippen LogP contribution in [0, 0.1) is 0 Å². The van der Waals surface area contributed by atoms with E-state index in [0.717, 1.165) is 12.1 Å². The fourth-order valence-corrected chi connectivity index (χ4v) is 2.32. The third-order valence-electron chi connectivity index (χ3n) is 3.06. The molecule has 92 valence electrons. The molecule has 3 nitrogen and oxygen atoms in total. The number of amides is 1. The summed E-state index contributed by atoms with van der Waals surface area (Å²) in [6.07, 6.45) is 2.08. The smallest absolute Gasteiger partial charge is 0.245 e. The minimum absolute atomic E-state index is 0.162. The number of hydrogen-bond acceptors (Lipinski definition) is 3. The van der Waals surface area contributed by atoms with Gasteiger partial charge in [-0.15, -0.1) is 0 Å². The van der Waals surface area contributed by atoms with Gasteiger partial charge in [0.25, 0.3) is 0 Å². The third-order valence-corrected chi connectivity index (χ3v) is 4.01. The topological polar surface area (TPSA) is 32.3 Å². The van der Waals surface area contributed by atoms with Crippen molar-refractivity contribution in [2.24, 2.45) is 0 Å². The number of nitrogens with one attached hydrogen (secondary N) is 1. The predicted molar refractivity (Wildman–Crippen MR) is 71.9 cm³/mol. The van der Waals surface area contributed by atoms with Gasteiger partial charge >= 0.3 is 0 Å². The van der Waals surface area contributed by atoms with E-state index in [2.05, 4.69) is 18.5 Å². The lowest BCUT2D eigenvalue weighted by atomic mass is 10.1. The number of carbonyl (C=O) groups excluding carboxylic acids is 1. The lowest BCUT2D eigenvalue weighted by Crippen LogP contribution is -2.32. The van der Waals surface area contributed by atoms with Gasteiger partial charge in [0, 0.05) is 11.8 Å². The molecule has 1 aromatic rings. The minimum Gasteiger partial charge on any atom is -0.327 e. The van der Waals surface area contributed by atoms with Crippen molar-refractivity contribution in [1.82, 2.24) is 10.2 Å². The zero-order valence-electron chi connectivity index (χ0n) is 10.2. The van der Waals surface area contributed by atoms with Gasteiger partial charge in [0.1, 0.15) is 6.04 Å². The van der Waals surface area contributed by atoms with E-state index < -0.39 is 0 Å². The van der Waals surface area contributed by atoms with Crippen molar-refractivity contribution < 1.29 is 4.79 Å². The van der Waals surface area contributed by atoms with Crippen molar-refractivity contribution in [1.29, 1.82) is 0 Å². The van der Waals surface area contributed by atoms with Gasteiger partial charge in [-0.05, 0) is 11.8 Å². The molecular weight excluding hydrogens is 232 g/mol. The number of thioether (sulfide) groups is 1. The first-order chi connectivity index (χ1) is 8.22. The predicted octanol–water partition coefficient (Wildman–Crippen LogP) is 1.87. The van der Waals surface area contributed by atoms with Gasteiger partial charge in [-0.1, -0.05) is 37.3 Å². The molecule has 1 heterocycles. The lowest BCUT2D eigenvalue weighted by molar-refractivity contribution is -0.129. The molecule has 1 aromatic carbocycles. The summed E-state index contributed by atoms with van der Waals surface area (Å²) in [5.41, 5.74) is 1.05. The Bertz CT molecular complexity index is 382. The highest BCUT2D eigenvalue weighted by Crippen LogP contribution is 2.21. The van der Waals surface area contributed by atoms with Gasteiger partial charge in [-0.25, -0.2) is 0 Å². The van der Waals surface area contributed by atoms with Crippen molar-refractivity contribution in [2.45, 2.75) is 18.2 Å². The normalized spacial score (nSPS) is 21.9. The Morgan fingerprint density at radius 2 is 2.18 bits per heavy atom. The summed E-state index contributed by atoms with van der Waals surface area (Å²) in [6, 6.07) is 9.74. The van der Waals surface area contributed by atoms with E-state index in [1.54, 1.807) is 11.8 Å². The minimum atomic E-state index is -0.162. The molecule has 2 unspecified atom stereocenters. The van der Waals surface area contributed by atoms with Crippen LogP contribution in [0.1, 0.15) is 18.5 Å². The first kappa shape index (κ1) is 12.5. The first-order valence-electron chi connectivity index (χ1n) is 5.82. The molecule has 1 fully saturated rings. The lowest BCUT2D eigenvalue weighted by Gasteiger charge is -2.19. The van der Waals surface area contributed by atoms with Crippen LogP contribution in [0.2, 0.25) is 0 Å². The van der Waals surface area contributed by atoms with Crippen LogP contribution in [-0.2, 0) is 4.79 Å². The van der Waals surface area contributed by atoms with Crippen molar-refractivity contribution >= 4 is 17.7 Å². The molecule has 2 atom stereocenters. The van der Waals surface area contributed by atoms with Crippen molar-refractivity contribution in [3.05, 3.63) is 35.9 Å². The Balaban J connectivity index is 2.03. The third kappa shape index (κ3) is 2.82. The van der Waals surface area contributed by atoms with Crippen LogP contribution in [0.5, 0.6) is 0 Å². The molecule has 0 aliphatic carbocycles. The van der Waals surface area contributed by atoms with Crippen LogP contribution in [-0.4, -0.2) is 35.5 Å². The van der Waals surface area contributed by atoms with Crippen LogP contribution < -0.4 is 5.32 Å². The monoisotopic (exact) mass is 250 g/mol. The SMILES string of the molecule is CSC(C)CN1CNC(c2ccccc2)C1=O. The maximum absolute atomic E-state index is 12.2. The van der Waals surface area contributed by atoms with Crippen molar-refractivity contribution in [2.75, 3.05) is 19.5 Å². The van der Waals surface area contributed by atoms with Crippen LogP contribution in [0.15, 0.2) is 30.3 Å². The number of rotatable bonds is 4. The number of hydrogen-bond donors (Lipinski definition) is 1. The van der Waals surface area contributed by atoms with E-state index in [1.807, 2.05) is 35.2 Å². The van der Waals surface area contributed by atoms with Gasteiger partial charge in [0.2, 0.25) is 5.91 Å².